The summed E-state index contributed by atoms with van der Waals surface area (Å²) in [6.07, 6.45) is 5.69. The molecule has 4 heteroatoms. The van der Waals surface area contributed by atoms with Crippen LogP contribution in [0.1, 0.15) is 26.2 Å². The summed E-state index contributed by atoms with van der Waals surface area (Å²) >= 11 is 0. The molecule has 0 radical (unpaired) electrons. The van der Waals surface area contributed by atoms with Gasteiger partial charge in [0.1, 0.15) is 0 Å². The molecule has 0 amide bonds. The maximum absolute atomic E-state index is 4.24. The number of rotatable bonds is 5. The number of hydrogen-bond acceptors (Lipinski definition) is 4. The van der Waals surface area contributed by atoms with Gasteiger partial charge in [0, 0.05) is 18.5 Å². The maximum atomic E-state index is 4.24. The molecule has 0 saturated carbocycles. The van der Waals surface area contributed by atoms with Crippen LogP contribution in [-0.2, 0) is 0 Å². The van der Waals surface area contributed by atoms with E-state index in [0.29, 0.717) is 0 Å². The minimum atomic E-state index is 0.734. The van der Waals surface area contributed by atoms with Gasteiger partial charge in [0.15, 0.2) is 0 Å². The first-order valence-corrected chi connectivity index (χ1v) is 8.04. The molecule has 21 heavy (non-hydrogen) atoms. The van der Waals surface area contributed by atoms with Gasteiger partial charge in [-0.05, 0) is 44.3 Å². The molecule has 2 aromatic rings. The summed E-state index contributed by atoms with van der Waals surface area (Å²) in [5.41, 5.74) is 2.21. The summed E-state index contributed by atoms with van der Waals surface area (Å²) in [6.45, 7) is 6.73. The van der Waals surface area contributed by atoms with Crippen LogP contribution in [0.15, 0.2) is 30.5 Å². The molecule has 1 saturated heterocycles. The molecule has 0 spiro atoms. The van der Waals surface area contributed by atoms with E-state index in [-0.39, 0.29) is 0 Å². The van der Waals surface area contributed by atoms with Gasteiger partial charge in [0.05, 0.1) is 17.4 Å². The Morgan fingerprint density at radius 1 is 1.33 bits per heavy atom. The quantitative estimate of drug-likeness (QED) is 0.916. The molecule has 112 valence electrons. The molecule has 1 unspecified atom stereocenters. The SMILES string of the molecule is CCCN(CC1CCCNC1)c1cnnc2ccccc12. The highest BCUT2D eigenvalue weighted by Gasteiger charge is 2.18. The third-order valence-corrected chi connectivity index (χ3v) is 4.24. The molecule has 1 atom stereocenters. The summed E-state index contributed by atoms with van der Waals surface area (Å²) in [5.74, 6) is 0.734. The van der Waals surface area contributed by atoms with E-state index in [9.17, 15) is 0 Å². The van der Waals surface area contributed by atoms with Gasteiger partial charge in [0.2, 0.25) is 0 Å². The second-order valence-electron chi connectivity index (χ2n) is 5.91. The lowest BCUT2D eigenvalue weighted by molar-refractivity contribution is 0.377. The number of nitrogens with zero attached hydrogens (tertiary/aromatic N) is 3. The molecular weight excluding hydrogens is 260 g/mol. The Bertz CT molecular complexity index is 573. The van der Waals surface area contributed by atoms with Crippen LogP contribution in [0, 0.1) is 5.92 Å². The van der Waals surface area contributed by atoms with Crippen LogP contribution in [0.2, 0.25) is 0 Å². The average Bonchev–Trinajstić information content (AvgIpc) is 2.55. The Morgan fingerprint density at radius 2 is 2.24 bits per heavy atom. The fourth-order valence-electron chi connectivity index (χ4n) is 3.22. The van der Waals surface area contributed by atoms with Gasteiger partial charge < -0.3 is 10.2 Å². The van der Waals surface area contributed by atoms with Crippen LogP contribution < -0.4 is 10.2 Å². The first-order chi connectivity index (χ1) is 10.4. The van der Waals surface area contributed by atoms with E-state index < -0.39 is 0 Å². The highest BCUT2D eigenvalue weighted by molar-refractivity contribution is 5.90. The van der Waals surface area contributed by atoms with Crippen molar-refractivity contribution in [3.63, 3.8) is 0 Å². The van der Waals surface area contributed by atoms with Gasteiger partial charge in [-0.15, -0.1) is 0 Å². The smallest absolute Gasteiger partial charge is 0.0950 e. The van der Waals surface area contributed by atoms with Gasteiger partial charge in [-0.2, -0.15) is 10.2 Å². The van der Waals surface area contributed by atoms with Crippen LogP contribution in [-0.4, -0.2) is 36.4 Å². The van der Waals surface area contributed by atoms with E-state index in [0.717, 1.165) is 37.5 Å². The average molecular weight is 284 g/mol. The highest BCUT2D eigenvalue weighted by atomic mass is 15.2. The zero-order valence-electron chi connectivity index (χ0n) is 12.8. The third-order valence-electron chi connectivity index (χ3n) is 4.24. The molecule has 1 aliphatic rings. The Morgan fingerprint density at radius 3 is 3.05 bits per heavy atom. The van der Waals surface area contributed by atoms with Crippen LogP contribution in [0.25, 0.3) is 10.9 Å². The van der Waals surface area contributed by atoms with Gasteiger partial charge in [0.25, 0.3) is 0 Å². The summed E-state index contributed by atoms with van der Waals surface area (Å²) in [7, 11) is 0. The highest BCUT2D eigenvalue weighted by Crippen LogP contribution is 2.26. The van der Waals surface area contributed by atoms with Crippen LogP contribution in [0.3, 0.4) is 0 Å². The number of benzene rings is 1. The van der Waals surface area contributed by atoms with Gasteiger partial charge in [-0.25, -0.2) is 0 Å². The standard InChI is InChI=1S/C17H24N4/c1-2-10-21(13-14-6-5-9-18-11-14)17-12-19-20-16-8-4-3-7-15(16)17/h3-4,7-8,12,14,18H,2,5-6,9-11,13H2,1H3. The Labute approximate surface area is 126 Å². The fourth-order valence-corrected chi connectivity index (χ4v) is 3.22. The predicted molar refractivity (Wildman–Crippen MR) is 87.6 cm³/mol. The van der Waals surface area contributed by atoms with Crippen molar-refractivity contribution in [1.29, 1.82) is 0 Å². The van der Waals surface area contributed by atoms with E-state index in [2.05, 4.69) is 39.5 Å². The number of aromatic nitrogens is 2. The number of anilines is 1. The van der Waals surface area contributed by atoms with Crippen LogP contribution >= 0.6 is 0 Å². The van der Waals surface area contributed by atoms with E-state index in [4.69, 9.17) is 0 Å². The van der Waals surface area contributed by atoms with Crippen LogP contribution in [0.4, 0.5) is 5.69 Å². The normalized spacial score (nSPS) is 18.8. The monoisotopic (exact) mass is 284 g/mol. The minimum absolute atomic E-state index is 0.734. The van der Waals surface area contributed by atoms with Crippen molar-refractivity contribution >= 4 is 16.6 Å². The molecule has 1 aromatic heterocycles. The van der Waals surface area contributed by atoms with Crippen molar-refractivity contribution in [2.24, 2.45) is 5.92 Å². The Hall–Kier alpha value is -1.68. The van der Waals surface area contributed by atoms with E-state index in [1.54, 1.807) is 0 Å². The molecule has 1 aromatic carbocycles. The van der Waals surface area contributed by atoms with Crippen molar-refractivity contribution in [1.82, 2.24) is 15.5 Å². The maximum Gasteiger partial charge on any atom is 0.0950 e. The molecule has 1 aliphatic heterocycles. The molecule has 4 nitrogen and oxygen atoms in total. The largest absolute Gasteiger partial charge is 0.369 e. The lowest BCUT2D eigenvalue weighted by Gasteiger charge is -2.31. The number of nitrogens with one attached hydrogen (secondary N) is 1. The van der Waals surface area contributed by atoms with Crippen molar-refractivity contribution in [3.8, 4) is 0 Å². The van der Waals surface area contributed by atoms with Gasteiger partial charge >= 0.3 is 0 Å². The molecule has 1 N–H and O–H groups in total. The number of piperidine rings is 1. The van der Waals surface area contributed by atoms with Crippen molar-refractivity contribution in [2.75, 3.05) is 31.1 Å². The topological polar surface area (TPSA) is 41.0 Å². The van der Waals surface area contributed by atoms with Crippen molar-refractivity contribution in [3.05, 3.63) is 30.5 Å². The minimum Gasteiger partial charge on any atom is -0.369 e. The Kier molecular flexibility index (Phi) is 4.65. The second-order valence-corrected chi connectivity index (χ2v) is 5.91. The van der Waals surface area contributed by atoms with Crippen molar-refractivity contribution < 1.29 is 0 Å². The Balaban J connectivity index is 1.87. The molecular formula is C17H24N4. The van der Waals surface area contributed by atoms with E-state index in [1.807, 2.05) is 18.3 Å². The first-order valence-electron chi connectivity index (χ1n) is 8.04. The first kappa shape index (κ1) is 14.3. The summed E-state index contributed by atoms with van der Waals surface area (Å²) < 4.78 is 0. The molecule has 2 heterocycles. The van der Waals surface area contributed by atoms with Crippen molar-refractivity contribution in [2.45, 2.75) is 26.2 Å². The summed E-state index contributed by atoms with van der Waals surface area (Å²) in [4.78, 5) is 2.49. The predicted octanol–water partition coefficient (Wildman–Crippen LogP) is 2.85. The zero-order chi connectivity index (χ0) is 14.5. The van der Waals surface area contributed by atoms with Crippen LogP contribution in [0.5, 0.6) is 0 Å². The lowest BCUT2D eigenvalue weighted by Crippen LogP contribution is -2.38. The molecule has 0 aliphatic carbocycles. The summed E-state index contributed by atoms with van der Waals surface area (Å²) in [6, 6.07) is 8.30. The fraction of sp³-hybridized carbons (Fsp3) is 0.529. The number of fused-ring (bicyclic) bond motifs is 1. The second kappa shape index (κ2) is 6.85. The van der Waals surface area contributed by atoms with E-state index in [1.165, 1.54) is 30.5 Å². The third kappa shape index (κ3) is 3.32. The molecule has 0 bridgehead atoms. The zero-order valence-corrected chi connectivity index (χ0v) is 12.8. The molecule has 3 rings (SSSR count). The lowest BCUT2D eigenvalue weighted by atomic mass is 9.98. The number of hydrogen-bond donors (Lipinski definition) is 1. The summed E-state index contributed by atoms with van der Waals surface area (Å²) in [5, 5.41) is 13.2. The molecule has 1 fully saturated rings. The van der Waals surface area contributed by atoms with Gasteiger partial charge in [-0.3, -0.25) is 0 Å². The van der Waals surface area contributed by atoms with Gasteiger partial charge in [-0.1, -0.05) is 25.1 Å². The van der Waals surface area contributed by atoms with E-state index >= 15 is 0 Å².